The molecule has 0 radical (unpaired) electrons. The van der Waals surface area contributed by atoms with Crippen molar-refractivity contribution in [3.8, 4) is 0 Å². The number of carbonyl (C=O) groups excluding carboxylic acids is 2. The van der Waals surface area contributed by atoms with Gasteiger partial charge in [-0.3, -0.25) is 9.59 Å². The third-order valence-electron chi connectivity index (χ3n) is 5.29. The van der Waals surface area contributed by atoms with Gasteiger partial charge in [-0.1, -0.05) is 32.9 Å². The number of hydrogen-bond donors (Lipinski definition) is 2. The van der Waals surface area contributed by atoms with Crippen molar-refractivity contribution in [2.45, 2.75) is 58.9 Å². The molecular weight excluding hydrogens is 402 g/mol. The molecule has 1 aromatic heterocycles. The number of Topliss-reactive ketones (excluding diaryl/α,β-unsaturated/α-hetero) is 1. The highest BCUT2D eigenvalue weighted by Gasteiger charge is 2.24. The highest BCUT2D eigenvalue weighted by Crippen LogP contribution is 2.23. The predicted molar refractivity (Wildman–Crippen MR) is 117 cm³/mol. The van der Waals surface area contributed by atoms with Gasteiger partial charge >= 0.3 is 0 Å². The number of aromatic amines is 1. The number of nitrogens with zero attached hydrogens (tertiary/aromatic N) is 1. The van der Waals surface area contributed by atoms with E-state index in [4.69, 9.17) is 0 Å². The van der Waals surface area contributed by atoms with E-state index in [1.54, 1.807) is 45.0 Å². The first kappa shape index (κ1) is 23.8. The molecule has 1 aromatic carbocycles. The Morgan fingerprint density at radius 1 is 1.10 bits per heavy atom. The number of benzene rings is 1. The lowest BCUT2D eigenvalue weighted by molar-refractivity contribution is 0.0934. The summed E-state index contributed by atoms with van der Waals surface area (Å²) < 4.78 is 26.6. The fourth-order valence-electron chi connectivity index (χ4n) is 3.69. The summed E-state index contributed by atoms with van der Waals surface area (Å²) in [5.74, 6) is -0.368. The topological polar surface area (TPSA) is 99.3 Å². The molecule has 0 aliphatic heterocycles. The SMILES string of the molecule is CCc1c(C(=O)N[C@@H](C)c2ccc(S(=O)(=O)N(CC)CC)cc2)[nH]c(C)c1C(C)=O. The van der Waals surface area contributed by atoms with Crippen molar-refractivity contribution >= 4 is 21.7 Å². The summed E-state index contributed by atoms with van der Waals surface area (Å²) in [6.45, 7) is 11.4. The summed E-state index contributed by atoms with van der Waals surface area (Å²) in [4.78, 5) is 28.0. The molecule has 0 saturated heterocycles. The molecule has 0 aliphatic carbocycles. The third-order valence-corrected chi connectivity index (χ3v) is 7.36. The molecular formula is C22H31N3O4S. The van der Waals surface area contributed by atoms with E-state index < -0.39 is 10.0 Å². The minimum absolute atomic E-state index is 0.0716. The number of aryl methyl sites for hydroxylation is 1. The van der Waals surface area contributed by atoms with E-state index in [1.807, 2.05) is 13.8 Å². The third kappa shape index (κ3) is 4.65. The molecule has 2 aromatic rings. The van der Waals surface area contributed by atoms with Crippen molar-refractivity contribution in [1.29, 1.82) is 0 Å². The van der Waals surface area contributed by atoms with Crippen LogP contribution in [0.1, 0.15) is 78.3 Å². The molecule has 2 N–H and O–H groups in total. The number of ketones is 1. The van der Waals surface area contributed by atoms with Crippen molar-refractivity contribution in [2.75, 3.05) is 13.1 Å². The quantitative estimate of drug-likeness (QED) is 0.590. The monoisotopic (exact) mass is 433 g/mol. The number of amides is 1. The molecule has 0 aliphatic rings. The fourth-order valence-corrected chi connectivity index (χ4v) is 5.15. The maximum absolute atomic E-state index is 12.8. The number of sulfonamides is 1. The van der Waals surface area contributed by atoms with Gasteiger partial charge in [-0.25, -0.2) is 8.42 Å². The van der Waals surface area contributed by atoms with E-state index in [0.29, 0.717) is 42.0 Å². The molecule has 1 amide bonds. The standard InChI is InChI=1S/C22H31N3O4S/c1-7-19-20(16(6)26)15(5)23-21(19)22(27)24-14(4)17-10-12-18(13-11-17)30(28,29)25(8-2)9-3/h10-14,23H,7-9H2,1-6H3,(H,24,27)/t14-/m0/s1. The Kier molecular flexibility index (Phi) is 7.60. The largest absolute Gasteiger partial charge is 0.354 e. The van der Waals surface area contributed by atoms with Crippen LogP contribution in [0.2, 0.25) is 0 Å². The maximum atomic E-state index is 12.8. The number of hydrogen-bond acceptors (Lipinski definition) is 4. The van der Waals surface area contributed by atoms with Crippen LogP contribution in [0.5, 0.6) is 0 Å². The zero-order valence-corrected chi connectivity index (χ0v) is 19.3. The number of nitrogens with one attached hydrogen (secondary N) is 2. The van der Waals surface area contributed by atoms with Gasteiger partial charge in [-0.15, -0.1) is 0 Å². The fraction of sp³-hybridized carbons (Fsp3) is 0.455. The second-order valence-corrected chi connectivity index (χ2v) is 9.18. The summed E-state index contributed by atoms with van der Waals surface area (Å²) in [6, 6.07) is 6.22. The van der Waals surface area contributed by atoms with Crippen LogP contribution in [0, 0.1) is 6.92 Å². The van der Waals surface area contributed by atoms with Gasteiger partial charge in [-0.05, 0) is 50.5 Å². The molecule has 7 nitrogen and oxygen atoms in total. The van der Waals surface area contributed by atoms with Crippen molar-refractivity contribution in [2.24, 2.45) is 0 Å². The van der Waals surface area contributed by atoms with Gasteiger partial charge in [0.15, 0.2) is 5.78 Å². The van der Waals surface area contributed by atoms with Crippen LogP contribution in [0.25, 0.3) is 0 Å². The first-order valence-electron chi connectivity index (χ1n) is 10.2. The molecule has 0 bridgehead atoms. The molecule has 1 atom stereocenters. The molecule has 164 valence electrons. The molecule has 8 heteroatoms. The smallest absolute Gasteiger partial charge is 0.268 e. The van der Waals surface area contributed by atoms with Gasteiger partial charge in [-0.2, -0.15) is 4.31 Å². The van der Waals surface area contributed by atoms with E-state index >= 15 is 0 Å². The molecule has 0 unspecified atom stereocenters. The highest BCUT2D eigenvalue weighted by molar-refractivity contribution is 7.89. The molecule has 1 heterocycles. The zero-order valence-electron chi connectivity index (χ0n) is 18.5. The number of aromatic nitrogens is 1. The predicted octanol–water partition coefficient (Wildman–Crippen LogP) is 3.61. The molecule has 30 heavy (non-hydrogen) atoms. The van der Waals surface area contributed by atoms with Crippen molar-refractivity contribution in [3.63, 3.8) is 0 Å². The molecule has 2 rings (SSSR count). The van der Waals surface area contributed by atoms with Crippen LogP contribution < -0.4 is 5.32 Å². The Balaban J connectivity index is 2.23. The van der Waals surface area contributed by atoms with Gasteiger partial charge in [0.05, 0.1) is 10.9 Å². The Morgan fingerprint density at radius 3 is 2.13 bits per heavy atom. The Bertz CT molecular complexity index is 1020. The second-order valence-electron chi connectivity index (χ2n) is 7.24. The summed E-state index contributed by atoms with van der Waals surface area (Å²) in [5, 5.41) is 2.93. The van der Waals surface area contributed by atoms with Gasteiger partial charge < -0.3 is 10.3 Å². The second kappa shape index (κ2) is 9.57. The zero-order chi connectivity index (χ0) is 22.6. The van der Waals surface area contributed by atoms with Gasteiger partial charge in [0, 0.05) is 24.3 Å². The number of H-pyrrole nitrogens is 1. The van der Waals surface area contributed by atoms with Crippen LogP contribution in [0.15, 0.2) is 29.2 Å². The average molecular weight is 434 g/mol. The van der Waals surface area contributed by atoms with Crippen LogP contribution >= 0.6 is 0 Å². The van der Waals surface area contributed by atoms with Crippen LogP contribution in [-0.4, -0.2) is 42.5 Å². The van der Waals surface area contributed by atoms with E-state index in [-0.39, 0.29) is 22.6 Å². The number of carbonyl (C=O) groups is 2. The van der Waals surface area contributed by atoms with Crippen molar-refractivity contribution < 1.29 is 18.0 Å². The lowest BCUT2D eigenvalue weighted by atomic mass is 10.0. The van der Waals surface area contributed by atoms with Crippen LogP contribution in [-0.2, 0) is 16.4 Å². The summed E-state index contributed by atoms with van der Waals surface area (Å²) >= 11 is 0. The Labute approximate surface area is 178 Å². The first-order valence-corrected chi connectivity index (χ1v) is 11.7. The Hall–Kier alpha value is -2.45. The van der Waals surface area contributed by atoms with E-state index in [9.17, 15) is 18.0 Å². The Morgan fingerprint density at radius 2 is 1.67 bits per heavy atom. The lowest BCUT2D eigenvalue weighted by Crippen LogP contribution is -2.30. The van der Waals surface area contributed by atoms with Crippen molar-refractivity contribution in [3.05, 3.63) is 52.3 Å². The summed E-state index contributed by atoms with van der Waals surface area (Å²) in [6.07, 6.45) is 0.564. The normalized spacial score (nSPS) is 12.8. The minimum Gasteiger partial charge on any atom is -0.354 e. The lowest BCUT2D eigenvalue weighted by Gasteiger charge is -2.19. The number of rotatable bonds is 9. The first-order chi connectivity index (χ1) is 14.1. The van der Waals surface area contributed by atoms with E-state index in [0.717, 1.165) is 5.56 Å². The summed E-state index contributed by atoms with van der Waals surface area (Å²) in [7, 11) is -3.52. The van der Waals surface area contributed by atoms with Gasteiger partial charge in [0.2, 0.25) is 10.0 Å². The van der Waals surface area contributed by atoms with E-state index in [2.05, 4.69) is 10.3 Å². The molecule has 0 fully saturated rings. The van der Waals surface area contributed by atoms with E-state index in [1.165, 1.54) is 11.2 Å². The van der Waals surface area contributed by atoms with Crippen LogP contribution in [0.4, 0.5) is 0 Å². The summed E-state index contributed by atoms with van der Waals surface area (Å²) in [5.41, 5.74) is 3.15. The minimum atomic E-state index is -3.52. The van der Waals surface area contributed by atoms with Crippen LogP contribution in [0.3, 0.4) is 0 Å². The van der Waals surface area contributed by atoms with Crippen molar-refractivity contribution in [1.82, 2.24) is 14.6 Å². The average Bonchev–Trinajstić information content (AvgIpc) is 3.05. The van der Waals surface area contributed by atoms with Gasteiger partial charge in [0.25, 0.3) is 5.91 Å². The van der Waals surface area contributed by atoms with Gasteiger partial charge in [0.1, 0.15) is 5.69 Å². The molecule has 0 saturated carbocycles. The highest BCUT2D eigenvalue weighted by atomic mass is 32.2. The maximum Gasteiger partial charge on any atom is 0.268 e. The molecule has 0 spiro atoms.